The number of hydrogen-bond donors (Lipinski definition) is 2. The van der Waals surface area contributed by atoms with Gasteiger partial charge in [-0.1, -0.05) is 117 Å². The van der Waals surface area contributed by atoms with Gasteiger partial charge in [0.15, 0.2) is 0 Å². The number of aliphatic hydroxyl groups excluding tert-OH is 1. The third kappa shape index (κ3) is 17.9. The number of rotatable bonds is 21. The summed E-state index contributed by atoms with van der Waals surface area (Å²) in [5.41, 5.74) is 0. The van der Waals surface area contributed by atoms with Crippen LogP contribution in [0.1, 0.15) is 136 Å². The van der Waals surface area contributed by atoms with Crippen molar-refractivity contribution >= 4 is 10.1 Å². The Bertz CT molecular complexity index is 422. The van der Waals surface area contributed by atoms with Gasteiger partial charge in [0.2, 0.25) is 0 Å². The second-order valence-electron chi connectivity index (χ2n) is 8.55. The molecule has 2 unspecified atom stereocenters. The molecule has 0 aromatic rings. The molecule has 2 atom stereocenters. The predicted molar refractivity (Wildman–Crippen MR) is 120 cm³/mol. The average Bonchev–Trinajstić information content (AvgIpc) is 2.64. The fourth-order valence-corrected chi connectivity index (χ4v) is 4.76. The molecule has 0 rings (SSSR count). The molecule has 170 valence electrons. The zero-order valence-electron chi connectivity index (χ0n) is 18.7. The van der Waals surface area contributed by atoms with Crippen molar-refractivity contribution in [3.05, 3.63) is 0 Å². The minimum atomic E-state index is -4.07. The maximum Gasteiger partial charge on any atom is 0.267 e. The Morgan fingerprint density at radius 3 is 1.36 bits per heavy atom. The van der Waals surface area contributed by atoms with Gasteiger partial charge in [0, 0.05) is 0 Å². The highest BCUT2D eigenvalue weighted by atomic mass is 32.2. The van der Waals surface area contributed by atoms with Crippen LogP contribution in [0.5, 0.6) is 0 Å². The van der Waals surface area contributed by atoms with Crippen molar-refractivity contribution in [3.8, 4) is 0 Å². The van der Waals surface area contributed by atoms with Gasteiger partial charge in [-0.05, 0) is 19.3 Å². The van der Waals surface area contributed by atoms with Crippen LogP contribution >= 0.6 is 0 Å². The summed E-state index contributed by atoms with van der Waals surface area (Å²) in [7, 11) is -4.07. The van der Waals surface area contributed by atoms with Crippen molar-refractivity contribution < 1.29 is 18.1 Å². The topological polar surface area (TPSA) is 74.6 Å². The van der Waals surface area contributed by atoms with Gasteiger partial charge in [-0.15, -0.1) is 0 Å². The third-order valence-electron chi connectivity index (χ3n) is 5.73. The molecule has 0 spiro atoms. The van der Waals surface area contributed by atoms with Crippen LogP contribution in [0.2, 0.25) is 0 Å². The Morgan fingerprint density at radius 2 is 0.964 bits per heavy atom. The zero-order valence-corrected chi connectivity index (χ0v) is 19.5. The first kappa shape index (κ1) is 27.9. The van der Waals surface area contributed by atoms with Crippen LogP contribution in [0.3, 0.4) is 0 Å². The molecular weight excluding hydrogens is 372 g/mol. The van der Waals surface area contributed by atoms with Gasteiger partial charge in [-0.25, -0.2) is 0 Å². The molecule has 0 saturated heterocycles. The standard InChI is InChI=1S/C23H48O4S/c1-3-5-7-9-11-12-14-15-17-19-22(24)21-23(28(25,26)27)20-18-16-13-10-8-6-4-2/h22-24H,3-21H2,1-2H3,(H,25,26,27). The lowest BCUT2D eigenvalue weighted by Gasteiger charge is -2.18. The summed E-state index contributed by atoms with van der Waals surface area (Å²) in [6.45, 7) is 4.42. The van der Waals surface area contributed by atoms with Gasteiger partial charge in [0.1, 0.15) is 0 Å². The monoisotopic (exact) mass is 420 g/mol. The molecule has 0 aromatic heterocycles. The van der Waals surface area contributed by atoms with Crippen LogP contribution < -0.4 is 0 Å². The molecular formula is C23H48O4S. The summed E-state index contributed by atoms with van der Waals surface area (Å²) in [4.78, 5) is 0. The normalized spacial score (nSPS) is 14.3. The van der Waals surface area contributed by atoms with E-state index in [1.807, 2.05) is 0 Å². The van der Waals surface area contributed by atoms with Crippen molar-refractivity contribution in [3.63, 3.8) is 0 Å². The minimum absolute atomic E-state index is 0.172. The van der Waals surface area contributed by atoms with Crippen molar-refractivity contribution in [1.29, 1.82) is 0 Å². The molecule has 0 bridgehead atoms. The van der Waals surface area contributed by atoms with Crippen molar-refractivity contribution in [2.24, 2.45) is 0 Å². The summed E-state index contributed by atoms with van der Waals surface area (Å²) in [6.07, 6.45) is 19.6. The van der Waals surface area contributed by atoms with E-state index in [9.17, 15) is 18.1 Å². The molecule has 28 heavy (non-hydrogen) atoms. The van der Waals surface area contributed by atoms with Crippen LogP contribution in [-0.4, -0.2) is 29.4 Å². The summed E-state index contributed by atoms with van der Waals surface area (Å²) in [6, 6.07) is 0. The Balaban J connectivity index is 3.84. The molecule has 5 heteroatoms. The van der Waals surface area contributed by atoms with Crippen LogP contribution in [0.4, 0.5) is 0 Å². The first-order valence-corrected chi connectivity index (χ1v) is 13.6. The first-order valence-electron chi connectivity index (χ1n) is 12.1. The number of unbranched alkanes of at least 4 members (excludes halogenated alkanes) is 14. The first-order chi connectivity index (χ1) is 13.4. The Hall–Kier alpha value is -0.130. The van der Waals surface area contributed by atoms with Crippen molar-refractivity contribution in [2.75, 3.05) is 0 Å². The fraction of sp³-hybridized carbons (Fsp3) is 1.00. The van der Waals surface area contributed by atoms with Crippen LogP contribution in [0, 0.1) is 0 Å². The maximum atomic E-state index is 11.6. The lowest BCUT2D eigenvalue weighted by Crippen LogP contribution is -2.26. The maximum absolute atomic E-state index is 11.6. The summed E-state index contributed by atoms with van der Waals surface area (Å²) in [5, 5.41) is 9.40. The van der Waals surface area contributed by atoms with Gasteiger partial charge >= 0.3 is 0 Å². The van der Waals surface area contributed by atoms with E-state index in [4.69, 9.17) is 0 Å². The molecule has 0 aliphatic carbocycles. The van der Waals surface area contributed by atoms with E-state index in [2.05, 4.69) is 13.8 Å². The van der Waals surface area contributed by atoms with E-state index in [1.54, 1.807) is 0 Å². The van der Waals surface area contributed by atoms with E-state index in [0.29, 0.717) is 12.8 Å². The van der Waals surface area contributed by atoms with E-state index in [-0.39, 0.29) is 6.42 Å². The Labute approximate surface area is 175 Å². The molecule has 0 aliphatic rings. The number of aliphatic hydroxyl groups is 1. The van der Waals surface area contributed by atoms with E-state index >= 15 is 0 Å². The smallest absolute Gasteiger partial charge is 0.267 e. The molecule has 0 aliphatic heterocycles. The highest BCUT2D eigenvalue weighted by Crippen LogP contribution is 2.20. The second-order valence-corrected chi connectivity index (χ2v) is 10.3. The molecule has 0 amide bonds. The van der Waals surface area contributed by atoms with Crippen molar-refractivity contribution in [2.45, 2.75) is 147 Å². The van der Waals surface area contributed by atoms with Gasteiger partial charge < -0.3 is 5.11 Å². The summed E-state index contributed by atoms with van der Waals surface area (Å²) >= 11 is 0. The van der Waals surface area contributed by atoms with Crippen LogP contribution in [0.25, 0.3) is 0 Å². The fourth-order valence-electron chi connectivity index (χ4n) is 3.83. The molecule has 4 nitrogen and oxygen atoms in total. The van der Waals surface area contributed by atoms with Crippen LogP contribution in [0.15, 0.2) is 0 Å². The Morgan fingerprint density at radius 1 is 0.607 bits per heavy atom. The minimum Gasteiger partial charge on any atom is -0.393 e. The van der Waals surface area contributed by atoms with Gasteiger partial charge in [0.05, 0.1) is 11.4 Å². The predicted octanol–water partition coefficient (Wildman–Crippen LogP) is 7.06. The van der Waals surface area contributed by atoms with Crippen molar-refractivity contribution in [1.82, 2.24) is 0 Å². The largest absolute Gasteiger partial charge is 0.393 e. The molecule has 0 aromatic carbocycles. The lowest BCUT2D eigenvalue weighted by atomic mass is 10.0. The zero-order chi connectivity index (χ0) is 21.1. The molecule has 0 saturated carbocycles. The van der Waals surface area contributed by atoms with E-state index in [1.165, 1.54) is 70.6 Å². The lowest BCUT2D eigenvalue weighted by molar-refractivity contribution is 0.146. The average molecular weight is 421 g/mol. The summed E-state index contributed by atoms with van der Waals surface area (Å²) in [5.74, 6) is 0. The molecule has 0 fully saturated rings. The van der Waals surface area contributed by atoms with Gasteiger partial charge in [-0.2, -0.15) is 8.42 Å². The SMILES string of the molecule is CCCCCCCCCCCC(O)CC(CCCCCCCCC)S(=O)(=O)O. The van der Waals surface area contributed by atoms with Gasteiger partial charge in [-0.3, -0.25) is 4.55 Å². The summed E-state index contributed by atoms with van der Waals surface area (Å²) < 4.78 is 32.8. The Kier molecular flexibility index (Phi) is 18.8. The van der Waals surface area contributed by atoms with E-state index < -0.39 is 21.5 Å². The third-order valence-corrected chi connectivity index (χ3v) is 7.00. The van der Waals surface area contributed by atoms with E-state index in [0.717, 1.165) is 32.1 Å². The quantitative estimate of drug-likeness (QED) is 0.154. The molecule has 0 radical (unpaired) electrons. The van der Waals surface area contributed by atoms with Crippen LogP contribution in [-0.2, 0) is 10.1 Å². The molecule has 2 N–H and O–H groups in total. The highest BCUT2D eigenvalue weighted by molar-refractivity contribution is 7.86. The highest BCUT2D eigenvalue weighted by Gasteiger charge is 2.25. The molecule has 0 heterocycles. The number of hydrogen-bond acceptors (Lipinski definition) is 3. The second kappa shape index (κ2) is 18.9. The van der Waals surface area contributed by atoms with Gasteiger partial charge in [0.25, 0.3) is 10.1 Å².